The van der Waals surface area contributed by atoms with E-state index in [0.717, 1.165) is 32.2 Å². The second kappa shape index (κ2) is 7.30. The number of hydrogen-bond acceptors (Lipinski definition) is 3. The third-order valence-electron chi connectivity index (χ3n) is 5.15. The molecule has 126 valence electrons. The number of hydrogen-bond donors (Lipinski definition) is 1. The van der Waals surface area contributed by atoms with Crippen LogP contribution in [0.1, 0.15) is 38.5 Å². The minimum absolute atomic E-state index is 0.276. The molecule has 1 aliphatic carbocycles. The van der Waals surface area contributed by atoms with Crippen molar-refractivity contribution in [2.45, 2.75) is 50.6 Å². The van der Waals surface area contributed by atoms with Gasteiger partial charge < -0.3 is 9.84 Å². The topological polar surface area (TPSA) is 49.8 Å². The molecular weight excluding hydrogens is 297 g/mol. The number of likely N-dealkylation sites (tertiary alicyclic amines) is 1. The predicted molar refractivity (Wildman–Crippen MR) is 85.0 cm³/mol. The molecule has 0 spiro atoms. The van der Waals surface area contributed by atoms with Gasteiger partial charge in [-0.2, -0.15) is 0 Å². The summed E-state index contributed by atoms with van der Waals surface area (Å²) in [6.07, 6.45) is 6.29. The summed E-state index contributed by atoms with van der Waals surface area (Å²) in [5, 5.41) is 9.48. The normalized spacial score (nSPS) is 27.6. The second-order valence-corrected chi connectivity index (χ2v) is 6.60. The Bertz CT molecular complexity index is 534. The number of aliphatic carboxylic acids is 1. The first kappa shape index (κ1) is 16.2. The van der Waals surface area contributed by atoms with Gasteiger partial charge in [0, 0.05) is 12.6 Å². The van der Waals surface area contributed by atoms with E-state index in [1.54, 1.807) is 12.1 Å². The van der Waals surface area contributed by atoms with Gasteiger partial charge in [0.05, 0.1) is 6.61 Å². The minimum Gasteiger partial charge on any atom is -0.494 e. The van der Waals surface area contributed by atoms with Crippen molar-refractivity contribution in [3.63, 3.8) is 0 Å². The minimum atomic E-state index is -0.696. The van der Waals surface area contributed by atoms with Gasteiger partial charge >= 0.3 is 5.97 Å². The highest BCUT2D eigenvalue weighted by Crippen LogP contribution is 2.39. The number of halogens is 1. The lowest BCUT2D eigenvalue weighted by atomic mass is 9.85. The zero-order valence-corrected chi connectivity index (χ0v) is 13.3. The highest BCUT2D eigenvalue weighted by molar-refractivity contribution is 5.74. The van der Waals surface area contributed by atoms with Gasteiger partial charge in [-0.1, -0.05) is 12.8 Å². The van der Waals surface area contributed by atoms with Crippen molar-refractivity contribution in [3.8, 4) is 5.75 Å². The molecule has 5 heteroatoms. The van der Waals surface area contributed by atoms with Crippen LogP contribution in [0.2, 0.25) is 0 Å². The van der Waals surface area contributed by atoms with Gasteiger partial charge in [-0.3, -0.25) is 9.69 Å². The Morgan fingerprint density at radius 3 is 2.74 bits per heavy atom. The number of carboxylic acid groups (broad SMARTS) is 1. The van der Waals surface area contributed by atoms with Crippen LogP contribution in [0, 0.1) is 11.7 Å². The lowest BCUT2D eigenvalue weighted by Crippen LogP contribution is -2.43. The maximum absolute atomic E-state index is 12.8. The number of ether oxygens (including phenoxy) is 1. The van der Waals surface area contributed by atoms with Gasteiger partial charge in [0.25, 0.3) is 0 Å². The second-order valence-electron chi connectivity index (χ2n) is 6.60. The van der Waals surface area contributed by atoms with Crippen molar-refractivity contribution in [2.24, 2.45) is 5.92 Å². The van der Waals surface area contributed by atoms with Gasteiger partial charge in [-0.15, -0.1) is 0 Å². The van der Waals surface area contributed by atoms with Crippen LogP contribution in [0.15, 0.2) is 24.3 Å². The summed E-state index contributed by atoms with van der Waals surface area (Å²) >= 11 is 0. The SMILES string of the molecule is O=C(O)[C@@H]1C[C@@H]2CCCC[C@@H]2N1CCCOc1ccc(F)cc1. The zero-order valence-electron chi connectivity index (χ0n) is 13.3. The number of rotatable bonds is 6. The molecule has 0 bridgehead atoms. The van der Waals surface area contributed by atoms with Gasteiger partial charge in [0.1, 0.15) is 17.6 Å². The molecule has 1 N–H and O–H groups in total. The highest BCUT2D eigenvalue weighted by atomic mass is 19.1. The fourth-order valence-corrected chi connectivity index (χ4v) is 4.09. The Morgan fingerprint density at radius 1 is 1.26 bits per heavy atom. The van der Waals surface area contributed by atoms with Crippen molar-refractivity contribution in [3.05, 3.63) is 30.1 Å². The van der Waals surface area contributed by atoms with E-state index < -0.39 is 5.97 Å². The van der Waals surface area contributed by atoms with Crippen molar-refractivity contribution in [1.82, 2.24) is 4.90 Å². The van der Waals surface area contributed by atoms with Crippen LogP contribution in [-0.4, -0.2) is 41.2 Å². The highest BCUT2D eigenvalue weighted by Gasteiger charge is 2.44. The maximum atomic E-state index is 12.8. The molecule has 1 aromatic rings. The number of carbonyl (C=O) groups is 1. The summed E-state index contributed by atoms with van der Waals surface area (Å²) in [5.74, 6) is 0.224. The van der Waals surface area contributed by atoms with E-state index >= 15 is 0 Å². The Morgan fingerprint density at radius 2 is 2.00 bits per heavy atom. The van der Waals surface area contributed by atoms with Gasteiger partial charge in [-0.25, -0.2) is 4.39 Å². The fourth-order valence-electron chi connectivity index (χ4n) is 4.09. The van der Waals surface area contributed by atoms with Crippen LogP contribution in [0.3, 0.4) is 0 Å². The van der Waals surface area contributed by atoms with E-state index in [1.807, 2.05) is 0 Å². The summed E-state index contributed by atoms with van der Waals surface area (Å²) in [7, 11) is 0. The number of carboxylic acids is 1. The molecule has 4 nitrogen and oxygen atoms in total. The van der Waals surface area contributed by atoms with E-state index in [2.05, 4.69) is 4.90 Å². The smallest absolute Gasteiger partial charge is 0.320 e. The monoisotopic (exact) mass is 321 g/mol. The molecular formula is C18H24FNO3. The molecule has 0 amide bonds. The first-order valence-corrected chi connectivity index (χ1v) is 8.52. The first-order chi connectivity index (χ1) is 11.1. The molecule has 0 unspecified atom stereocenters. The van der Waals surface area contributed by atoms with E-state index in [1.165, 1.54) is 25.0 Å². The maximum Gasteiger partial charge on any atom is 0.320 e. The molecule has 1 heterocycles. The molecule has 1 saturated carbocycles. The molecule has 1 aromatic carbocycles. The van der Waals surface area contributed by atoms with Gasteiger partial charge in [0.15, 0.2) is 0 Å². The Labute approximate surface area is 136 Å². The molecule has 3 rings (SSSR count). The van der Waals surface area contributed by atoms with Crippen molar-refractivity contribution in [1.29, 1.82) is 0 Å². The van der Waals surface area contributed by atoms with E-state index in [-0.39, 0.29) is 11.9 Å². The third kappa shape index (κ3) is 3.83. The number of nitrogens with zero attached hydrogens (tertiary/aromatic N) is 1. The Kier molecular flexibility index (Phi) is 5.16. The Balaban J connectivity index is 1.51. The summed E-state index contributed by atoms with van der Waals surface area (Å²) in [6, 6.07) is 6.07. The van der Waals surface area contributed by atoms with Crippen LogP contribution >= 0.6 is 0 Å². The molecule has 0 aromatic heterocycles. The summed E-state index contributed by atoms with van der Waals surface area (Å²) in [4.78, 5) is 13.7. The lowest BCUT2D eigenvalue weighted by Gasteiger charge is -2.32. The van der Waals surface area contributed by atoms with Crippen molar-refractivity contribution >= 4 is 5.97 Å². The molecule has 0 radical (unpaired) electrons. The fraction of sp³-hybridized carbons (Fsp3) is 0.611. The molecule has 2 fully saturated rings. The average Bonchev–Trinajstić information content (AvgIpc) is 2.92. The van der Waals surface area contributed by atoms with Crippen LogP contribution < -0.4 is 4.74 Å². The molecule has 2 aliphatic rings. The van der Waals surface area contributed by atoms with Crippen LogP contribution in [0.4, 0.5) is 4.39 Å². The predicted octanol–water partition coefficient (Wildman–Crippen LogP) is 3.31. The third-order valence-corrected chi connectivity index (χ3v) is 5.15. The van der Waals surface area contributed by atoms with Gasteiger partial charge in [-0.05, 0) is 55.9 Å². The summed E-state index contributed by atoms with van der Waals surface area (Å²) < 4.78 is 18.4. The van der Waals surface area contributed by atoms with E-state index in [9.17, 15) is 14.3 Å². The van der Waals surface area contributed by atoms with Crippen LogP contribution in [0.5, 0.6) is 5.75 Å². The lowest BCUT2D eigenvalue weighted by molar-refractivity contribution is -0.142. The first-order valence-electron chi connectivity index (χ1n) is 8.52. The molecule has 23 heavy (non-hydrogen) atoms. The quantitative estimate of drug-likeness (QED) is 0.817. The standard InChI is InChI=1S/C18H24FNO3/c19-14-6-8-15(9-7-14)23-11-3-10-20-16-5-2-1-4-13(16)12-17(20)18(21)22/h6-9,13,16-17H,1-5,10-12H2,(H,21,22)/t13-,16-,17-/m0/s1. The number of fused-ring (bicyclic) bond motifs is 1. The molecule has 3 atom stereocenters. The zero-order chi connectivity index (χ0) is 16.2. The summed E-state index contributed by atoms with van der Waals surface area (Å²) in [6.45, 7) is 1.27. The summed E-state index contributed by atoms with van der Waals surface area (Å²) in [5.41, 5.74) is 0. The van der Waals surface area contributed by atoms with E-state index in [0.29, 0.717) is 24.3 Å². The van der Waals surface area contributed by atoms with Gasteiger partial charge in [0.2, 0.25) is 0 Å². The van der Waals surface area contributed by atoms with E-state index in [4.69, 9.17) is 4.74 Å². The van der Waals surface area contributed by atoms with Crippen LogP contribution in [-0.2, 0) is 4.79 Å². The average molecular weight is 321 g/mol. The van der Waals surface area contributed by atoms with Crippen molar-refractivity contribution < 1.29 is 19.0 Å². The van der Waals surface area contributed by atoms with Crippen LogP contribution in [0.25, 0.3) is 0 Å². The largest absolute Gasteiger partial charge is 0.494 e. The molecule has 1 aliphatic heterocycles. The van der Waals surface area contributed by atoms with Crippen molar-refractivity contribution in [2.75, 3.05) is 13.2 Å². The molecule has 1 saturated heterocycles. The Hall–Kier alpha value is -1.62. The number of benzene rings is 1.